The molecule has 1 aromatic rings. The maximum absolute atomic E-state index is 11.7. The molecule has 0 aliphatic heterocycles. The first kappa shape index (κ1) is 12.8. The second-order valence-electron chi connectivity index (χ2n) is 3.05. The first-order valence-electron chi connectivity index (χ1n) is 4.16. The molecule has 8 heteroatoms. The molecule has 5 nitrogen and oxygen atoms in total. The van der Waals surface area contributed by atoms with Gasteiger partial charge in [0.25, 0.3) is 10.0 Å². The number of aromatic nitrogens is 2. The summed E-state index contributed by atoms with van der Waals surface area (Å²) in [5.74, 6) is 0. The van der Waals surface area contributed by atoms with Gasteiger partial charge >= 0.3 is 0 Å². The fourth-order valence-electron chi connectivity index (χ4n) is 0.995. The highest BCUT2D eigenvalue weighted by Crippen LogP contribution is 2.19. The summed E-state index contributed by atoms with van der Waals surface area (Å²) in [4.78, 5) is 0. The smallest absolute Gasteiger partial charge is 0.255 e. The van der Waals surface area contributed by atoms with E-state index in [2.05, 4.69) is 9.82 Å². The molecule has 15 heavy (non-hydrogen) atoms. The van der Waals surface area contributed by atoms with Crippen LogP contribution in [-0.2, 0) is 17.1 Å². The number of hydrogen-bond donors (Lipinski definition) is 1. The molecule has 1 rings (SSSR count). The van der Waals surface area contributed by atoms with E-state index in [1.165, 1.54) is 17.9 Å². The molecule has 0 amide bonds. The van der Waals surface area contributed by atoms with Gasteiger partial charge in [-0.25, -0.2) is 13.1 Å². The van der Waals surface area contributed by atoms with E-state index < -0.39 is 10.0 Å². The Morgan fingerprint density at radius 1 is 1.67 bits per heavy atom. The fraction of sp³-hybridized carbons (Fsp3) is 0.571. The third kappa shape index (κ3) is 3.07. The van der Waals surface area contributed by atoms with Crippen molar-refractivity contribution >= 4 is 33.2 Å². The maximum atomic E-state index is 11.7. The Bertz CT molecular complexity index is 422. The van der Waals surface area contributed by atoms with Gasteiger partial charge in [-0.05, 0) is 6.92 Å². The van der Waals surface area contributed by atoms with Crippen molar-refractivity contribution in [3.63, 3.8) is 0 Å². The number of halogens is 2. The first-order chi connectivity index (χ1) is 6.84. The Morgan fingerprint density at radius 2 is 2.27 bits per heavy atom. The molecule has 0 radical (unpaired) electrons. The van der Waals surface area contributed by atoms with Crippen LogP contribution in [0.5, 0.6) is 0 Å². The van der Waals surface area contributed by atoms with E-state index >= 15 is 0 Å². The van der Waals surface area contributed by atoms with E-state index in [0.29, 0.717) is 0 Å². The largest absolute Gasteiger partial charge is 0.259 e. The van der Waals surface area contributed by atoms with Crippen LogP contribution in [0, 0.1) is 0 Å². The number of rotatable bonds is 4. The molecule has 0 aliphatic carbocycles. The predicted molar refractivity (Wildman–Crippen MR) is 58.7 cm³/mol. The molecule has 0 fully saturated rings. The molecule has 1 atom stereocenters. The van der Waals surface area contributed by atoms with E-state index in [-0.39, 0.29) is 22.0 Å². The molecule has 1 heterocycles. The third-order valence-electron chi connectivity index (χ3n) is 1.65. The van der Waals surface area contributed by atoms with Crippen LogP contribution < -0.4 is 4.72 Å². The van der Waals surface area contributed by atoms with Crippen molar-refractivity contribution in [2.45, 2.75) is 17.3 Å². The van der Waals surface area contributed by atoms with Crippen LogP contribution in [0.25, 0.3) is 0 Å². The van der Waals surface area contributed by atoms with E-state index in [0.717, 1.165) is 0 Å². The summed E-state index contributed by atoms with van der Waals surface area (Å²) in [6.45, 7) is 1.83. The van der Waals surface area contributed by atoms with Crippen molar-refractivity contribution in [2.75, 3.05) is 6.54 Å². The van der Waals surface area contributed by atoms with Crippen molar-refractivity contribution in [2.24, 2.45) is 7.05 Å². The van der Waals surface area contributed by atoms with E-state index in [1.54, 1.807) is 6.92 Å². The molecule has 0 saturated heterocycles. The predicted octanol–water partition coefficient (Wildman–Crippen LogP) is 0.979. The summed E-state index contributed by atoms with van der Waals surface area (Å²) in [6.07, 6.45) is 1.28. The number of nitrogens with zero attached hydrogens (tertiary/aromatic N) is 2. The zero-order valence-electron chi connectivity index (χ0n) is 8.24. The van der Waals surface area contributed by atoms with Gasteiger partial charge in [0, 0.05) is 19.0 Å². The number of aryl methyl sites for hydroxylation is 1. The summed E-state index contributed by atoms with van der Waals surface area (Å²) in [7, 11) is -2.13. The van der Waals surface area contributed by atoms with Gasteiger partial charge in [-0.2, -0.15) is 5.10 Å². The monoisotopic (exact) mass is 271 g/mol. The van der Waals surface area contributed by atoms with Crippen LogP contribution in [-0.4, -0.2) is 30.1 Å². The Balaban J connectivity index is 2.96. The lowest BCUT2D eigenvalue weighted by atomic mass is 10.5. The van der Waals surface area contributed by atoms with Crippen molar-refractivity contribution in [3.05, 3.63) is 11.2 Å². The molecule has 0 saturated carbocycles. The zero-order valence-corrected chi connectivity index (χ0v) is 10.6. The lowest BCUT2D eigenvalue weighted by Gasteiger charge is -2.08. The van der Waals surface area contributed by atoms with Gasteiger partial charge in [0.15, 0.2) is 5.03 Å². The zero-order chi connectivity index (χ0) is 11.6. The van der Waals surface area contributed by atoms with Crippen molar-refractivity contribution in [3.8, 4) is 0 Å². The summed E-state index contributed by atoms with van der Waals surface area (Å²) < 4.78 is 27.0. The minimum Gasteiger partial charge on any atom is -0.255 e. The van der Waals surface area contributed by atoms with Crippen molar-refractivity contribution < 1.29 is 8.42 Å². The first-order valence-corrected chi connectivity index (χ1v) is 6.45. The minimum atomic E-state index is -3.64. The standard InChI is InChI=1S/C7H11Cl2N3O2S/c1-5(8)3-11-15(13,14)7-6(9)4-10-12(7)2/h4-5,11H,3H2,1-2H3. The number of hydrogen-bond acceptors (Lipinski definition) is 3. The average molecular weight is 272 g/mol. The number of alkyl halides is 1. The van der Waals surface area contributed by atoms with Crippen molar-refractivity contribution in [1.82, 2.24) is 14.5 Å². The molecular formula is C7H11Cl2N3O2S. The van der Waals surface area contributed by atoms with Gasteiger partial charge < -0.3 is 0 Å². The molecule has 0 bridgehead atoms. The van der Waals surface area contributed by atoms with Gasteiger partial charge in [0.1, 0.15) is 0 Å². The normalized spacial score (nSPS) is 14.1. The van der Waals surface area contributed by atoms with Crippen LogP contribution in [0.4, 0.5) is 0 Å². The van der Waals surface area contributed by atoms with Gasteiger partial charge in [-0.1, -0.05) is 11.6 Å². The second-order valence-corrected chi connectivity index (χ2v) is 5.89. The fourth-order valence-corrected chi connectivity index (χ4v) is 2.94. The lowest BCUT2D eigenvalue weighted by Crippen LogP contribution is -2.30. The van der Waals surface area contributed by atoms with Gasteiger partial charge in [-0.15, -0.1) is 11.6 Å². The van der Waals surface area contributed by atoms with Crippen LogP contribution in [0.2, 0.25) is 5.02 Å². The summed E-state index contributed by atoms with van der Waals surface area (Å²) >= 11 is 11.4. The average Bonchev–Trinajstić information content (AvgIpc) is 2.43. The Morgan fingerprint density at radius 3 is 2.67 bits per heavy atom. The van der Waals surface area contributed by atoms with E-state index in [1.807, 2.05) is 0 Å². The van der Waals surface area contributed by atoms with Crippen LogP contribution >= 0.6 is 23.2 Å². The van der Waals surface area contributed by atoms with Gasteiger partial charge in [-0.3, -0.25) is 4.68 Å². The molecule has 0 aliphatic rings. The number of sulfonamides is 1. The third-order valence-corrected chi connectivity index (χ3v) is 3.73. The SMILES string of the molecule is CC(Cl)CNS(=O)(=O)c1c(Cl)cnn1C. The van der Waals surface area contributed by atoms with E-state index in [4.69, 9.17) is 23.2 Å². The Hall–Kier alpha value is -0.300. The minimum absolute atomic E-state index is 0.0542. The molecular weight excluding hydrogens is 261 g/mol. The van der Waals surface area contributed by atoms with Gasteiger partial charge in [0.05, 0.1) is 11.2 Å². The molecule has 0 aromatic carbocycles. The number of nitrogens with one attached hydrogen (secondary N) is 1. The summed E-state index contributed by atoms with van der Waals surface area (Å²) in [5.41, 5.74) is 0. The second kappa shape index (κ2) is 4.69. The molecule has 1 N–H and O–H groups in total. The van der Waals surface area contributed by atoms with Gasteiger partial charge in [0.2, 0.25) is 0 Å². The van der Waals surface area contributed by atoms with Crippen molar-refractivity contribution in [1.29, 1.82) is 0 Å². The summed E-state index contributed by atoms with van der Waals surface area (Å²) in [5, 5.41) is 3.49. The quantitative estimate of drug-likeness (QED) is 0.831. The highest BCUT2D eigenvalue weighted by atomic mass is 35.5. The molecule has 86 valence electrons. The maximum Gasteiger partial charge on any atom is 0.259 e. The highest BCUT2D eigenvalue weighted by molar-refractivity contribution is 7.89. The molecule has 1 unspecified atom stereocenters. The van der Waals surface area contributed by atoms with Crippen LogP contribution in [0.1, 0.15) is 6.92 Å². The van der Waals surface area contributed by atoms with E-state index in [9.17, 15) is 8.42 Å². The highest BCUT2D eigenvalue weighted by Gasteiger charge is 2.22. The summed E-state index contributed by atoms with van der Waals surface area (Å²) in [6, 6.07) is 0. The lowest BCUT2D eigenvalue weighted by molar-refractivity contribution is 0.563. The van der Waals surface area contributed by atoms with Crippen LogP contribution in [0.15, 0.2) is 11.2 Å². The topological polar surface area (TPSA) is 64.0 Å². The van der Waals surface area contributed by atoms with Crippen LogP contribution in [0.3, 0.4) is 0 Å². The molecule has 0 spiro atoms. The Kier molecular flexibility index (Phi) is 3.99. The Labute approximate surface area is 98.4 Å². The molecule has 1 aromatic heterocycles.